The van der Waals surface area contributed by atoms with E-state index >= 15 is 0 Å². The first kappa shape index (κ1) is 17.5. The van der Waals surface area contributed by atoms with Crippen LogP contribution in [0.25, 0.3) is 0 Å². The monoisotopic (exact) mass is 357 g/mol. The minimum absolute atomic E-state index is 0.184. The van der Waals surface area contributed by atoms with Crippen LogP contribution in [0, 0.1) is 0 Å². The zero-order valence-corrected chi connectivity index (χ0v) is 14.7. The second-order valence-electron chi connectivity index (χ2n) is 6.24. The lowest BCUT2D eigenvalue weighted by Crippen LogP contribution is -2.40. The maximum Gasteiger partial charge on any atom is 0.325 e. The number of nitrogens with one attached hydrogen (secondary N) is 1. The van der Waals surface area contributed by atoms with Crippen molar-refractivity contribution in [3.05, 3.63) is 70.7 Å². The van der Waals surface area contributed by atoms with E-state index in [0.29, 0.717) is 18.0 Å². The van der Waals surface area contributed by atoms with Crippen molar-refractivity contribution in [3.8, 4) is 0 Å². The number of hydrogen-bond donors (Lipinski definition) is 1. The molecule has 3 rings (SSSR count). The normalized spacial score (nSPS) is 17.2. The number of halogens is 1. The molecular formula is C19H20ClN3O2. The predicted octanol–water partition coefficient (Wildman–Crippen LogP) is 2.89. The van der Waals surface area contributed by atoms with Gasteiger partial charge in [-0.3, -0.25) is 9.69 Å². The summed E-state index contributed by atoms with van der Waals surface area (Å²) in [6, 6.07) is 16.4. The molecule has 1 fully saturated rings. The Kier molecular flexibility index (Phi) is 5.36. The molecule has 130 valence electrons. The Balaban J connectivity index is 1.59. The molecule has 2 aromatic carbocycles. The molecule has 0 aromatic heterocycles. The van der Waals surface area contributed by atoms with Crippen LogP contribution in [0.5, 0.6) is 0 Å². The molecule has 0 saturated carbocycles. The molecule has 1 N–H and O–H groups in total. The minimum atomic E-state index is -0.501. The quantitative estimate of drug-likeness (QED) is 0.809. The third-order valence-corrected chi connectivity index (χ3v) is 4.39. The van der Waals surface area contributed by atoms with Crippen molar-refractivity contribution in [1.82, 2.24) is 15.1 Å². The lowest BCUT2D eigenvalue weighted by molar-refractivity contribution is -0.128. The highest BCUT2D eigenvalue weighted by Gasteiger charge is 2.38. The van der Waals surface area contributed by atoms with Crippen LogP contribution in [0.1, 0.15) is 11.1 Å². The van der Waals surface area contributed by atoms with Gasteiger partial charge in [0.1, 0.15) is 6.04 Å². The summed E-state index contributed by atoms with van der Waals surface area (Å²) in [5, 5.41) is 3.46. The van der Waals surface area contributed by atoms with Crippen molar-refractivity contribution in [2.45, 2.75) is 19.0 Å². The molecule has 0 bridgehead atoms. The van der Waals surface area contributed by atoms with Crippen LogP contribution in [-0.2, 0) is 17.8 Å². The van der Waals surface area contributed by atoms with Gasteiger partial charge < -0.3 is 5.32 Å². The predicted molar refractivity (Wildman–Crippen MR) is 97.1 cm³/mol. The summed E-state index contributed by atoms with van der Waals surface area (Å²) in [4.78, 5) is 27.9. The molecule has 6 heteroatoms. The van der Waals surface area contributed by atoms with Gasteiger partial charge in [0.25, 0.3) is 5.91 Å². The first-order chi connectivity index (χ1) is 12.0. The van der Waals surface area contributed by atoms with Gasteiger partial charge in [0.05, 0.1) is 6.67 Å². The molecule has 1 aliphatic rings. The lowest BCUT2D eigenvalue weighted by atomic mass is 10.1. The third kappa shape index (κ3) is 4.38. The van der Waals surface area contributed by atoms with Gasteiger partial charge in [-0.15, -0.1) is 0 Å². The molecule has 0 radical (unpaired) electrons. The first-order valence-electron chi connectivity index (χ1n) is 8.12. The molecule has 0 aliphatic carbocycles. The number of hydrogen-bond acceptors (Lipinski definition) is 3. The summed E-state index contributed by atoms with van der Waals surface area (Å²) in [6.07, 6.45) is 0.503. The summed E-state index contributed by atoms with van der Waals surface area (Å²) in [7, 11) is 1.87. The lowest BCUT2D eigenvalue weighted by Gasteiger charge is -2.22. The molecule has 1 atom stereocenters. The fourth-order valence-corrected chi connectivity index (χ4v) is 3.02. The van der Waals surface area contributed by atoms with Crippen molar-refractivity contribution in [3.63, 3.8) is 0 Å². The Labute approximate surface area is 152 Å². The van der Waals surface area contributed by atoms with Gasteiger partial charge in [-0.25, -0.2) is 9.69 Å². The van der Waals surface area contributed by atoms with Crippen molar-refractivity contribution >= 4 is 23.5 Å². The number of carbonyl (C=O) groups is 2. The Morgan fingerprint density at radius 2 is 1.72 bits per heavy atom. The summed E-state index contributed by atoms with van der Waals surface area (Å²) in [5.74, 6) is -0.184. The highest BCUT2D eigenvalue weighted by molar-refractivity contribution is 6.30. The number of carbonyl (C=O) groups excluding carboxylic acids is 2. The topological polar surface area (TPSA) is 52.6 Å². The van der Waals surface area contributed by atoms with E-state index in [1.54, 1.807) is 0 Å². The van der Waals surface area contributed by atoms with E-state index in [0.717, 1.165) is 11.1 Å². The molecule has 0 spiro atoms. The summed E-state index contributed by atoms with van der Waals surface area (Å²) < 4.78 is 0. The second kappa shape index (κ2) is 7.68. The van der Waals surface area contributed by atoms with Gasteiger partial charge in [-0.2, -0.15) is 0 Å². The molecule has 1 saturated heterocycles. The van der Waals surface area contributed by atoms with E-state index in [9.17, 15) is 9.59 Å². The zero-order chi connectivity index (χ0) is 17.8. The Morgan fingerprint density at radius 3 is 2.40 bits per heavy atom. The van der Waals surface area contributed by atoms with Crippen LogP contribution in [0.4, 0.5) is 4.79 Å². The molecule has 3 amide bonds. The highest BCUT2D eigenvalue weighted by Crippen LogP contribution is 2.14. The Morgan fingerprint density at radius 1 is 1.04 bits per heavy atom. The van der Waals surface area contributed by atoms with Gasteiger partial charge in [0.2, 0.25) is 0 Å². The number of benzene rings is 2. The van der Waals surface area contributed by atoms with E-state index in [1.807, 2.05) is 66.5 Å². The summed E-state index contributed by atoms with van der Waals surface area (Å²) in [6.45, 7) is 0.871. The number of nitrogens with zero attached hydrogens (tertiary/aromatic N) is 2. The van der Waals surface area contributed by atoms with Crippen LogP contribution >= 0.6 is 11.6 Å². The van der Waals surface area contributed by atoms with E-state index in [2.05, 4.69) is 5.32 Å². The van der Waals surface area contributed by atoms with Crippen LogP contribution in [0.3, 0.4) is 0 Å². The standard InChI is InChI=1S/C19H20ClN3O2/c1-22(12-15-7-9-16(20)10-8-15)13-23-18(24)17(21-19(23)25)11-14-5-3-2-4-6-14/h2-10,17H,11-13H2,1H3,(H,21,25)/t17-/m1/s1. The van der Waals surface area contributed by atoms with E-state index in [4.69, 9.17) is 11.6 Å². The summed E-state index contributed by atoms with van der Waals surface area (Å²) >= 11 is 5.89. The van der Waals surface area contributed by atoms with Crippen molar-refractivity contribution in [2.75, 3.05) is 13.7 Å². The fourth-order valence-electron chi connectivity index (χ4n) is 2.89. The smallest absolute Gasteiger partial charge is 0.325 e. The number of amides is 3. The Hall–Kier alpha value is -2.37. The molecule has 2 aromatic rings. The van der Waals surface area contributed by atoms with Gasteiger partial charge in [-0.1, -0.05) is 54.1 Å². The van der Waals surface area contributed by atoms with Gasteiger partial charge in [0, 0.05) is 18.0 Å². The number of rotatable bonds is 6. The van der Waals surface area contributed by atoms with E-state index in [1.165, 1.54) is 4.90 Å². The Bertz CT molecular complexity index is 749. The largest absolute Gasteiger partial charge is 0.325 e. The van der Waals surface area contributed by atoms with Crippen LogP contribution < -0.4 is 5.32 Å². The van der Waals surface area contributed by atoms with Gasteiger partial charge >= 0.3 is 6.03 Å². The molecular weight excluding hydrogens is 338 g/mol. The molecule has 0 unspecified atom stereocenters. The average molecular weight is 358 g/mol. The molecule has 5 nitrogen and oxygen atoms in total. The average Bonchev–Trinajstić information content (AvgIpc) is 2.85. The highest BCUT2D eigenvalue weighted by atomic mass is 35.5. The number of imide groups is 1. The van der Waals surface area contributed by atoms with E-state index in [-0.39, 0.29) is 18.6 Å². The van der Waals surface area contributed by atoms with Crippen molar-refractivity contribution in [1.29, 1.82) is 0 Å². The molecule has 25 heavy (non-hydrogen) atoms. The van der Waals surface area contributed by atoms with Crippen molar-refractivity contribution < 1.29 is 9.59 Å². The van der Waals surface area contributed by atoms with Gasteiger partial charge in [0.15, 0.2) is 0 Å². The summed E-state index contributed by atoms with van der Waals surface area (Å²) in [5.41, 5.74) is 2.09. The van der Waals surface area contributed by atoms with Crippen LogP contribution in [0.15, 0.2) is 54.6 Å². The molecule has 1 aliphatic heterocycles. The van der Waals surface area contributed by atoms with Gasteiger partial charge in [-0.05, 0) is 30.3 Å². The SMILES string of the molecule is CN(Cc1ccc(Cl)cc1)CN1C(=O)N[C@H](Cc2ccccc2)C1=O. The maximum atomic E-state index is 12.6. The van der Waals surface area contributed by atoms with Crippen LogP contribution in [0.2, 0.25) is 5.02 Å². The minimum Gasteiger partial charge on any atom is -0.325 e. The van der Waals surface area contributed by atoms with Crippen molar-refractivity contribution in [2.24, 2.45) is 0 Å². The maximum absolute atomic E-state index is 12.6. The van der Waals surface area contributed by atoms with E-state index < -0.39 is 6.04 Å². The van der Waals surface area contributed by atoms with Crippen LogP contribution in [-0.4, -0.2) is 41.5 Å². The third-order valence-electron chi connectivity index (χ3n) is 4.14. The fraction of sp³-hybridized carbons (Fsp3) is 0.263. The zero-order valence-electron chi connectivity index (χ0n) is 14.0. The molecule has 1 heterocycles. The first-order valence-corrected chi connectivity index (χ1v) is 8.49. The number of urea groups is 1. The second-order valence-corrected chi connectivity index (χ2v) is 6.68.